The minimum absolute atomic E-state index is 0.181. The Morgan fingerprint density at radius 3 is 2.88 bits per heavy atom. The maximum Gasteiger partial charge on any atom is 0.0638 e. The molecule has 2 atom stereocenters. The van der Waals surface area contributed by atoms with Gasteiger partial charge in [0.05, 0.1) is 11.8 Å². The van der Waals surface area contributed by atoms with Crippen LogP contribution in [0.5, 0.6) is 0 Å². The zero-order chi connectivity index (χ0) is 11.7. The van der Waals surface area contributed by atoms with Crippen molar-refractivity contribution in [3.8, 4) is 0 Å². The molecule has 1 aromatic rings. The van der Waals surface area contributed by atoms with E-state index in [1.54, 1.807) is 0 Å². The highest BCUT2D eigenvalue weighted by atomic mass is 16.3. The molecule has 0 bridgehead atoms. The second kappa shape index (κ2) is 4.55. The standard InChI is InChI=1S/C12H21N3O/c1-9-12(6-14(3)13-9)8-15-5-4-11(7-15)10(2)16/h6,10-11,16H,4-5,7-8H2,1-3H3. The van der Waals surface area contributed by atoms with E-state index >= 15 is 0 Å². The largest absolute Gasteiger partial charge is 0.393 e. The van der Waals surface area contributed by atoms with E-state index in [-0.39, 0.29) is 6.10 Å². The van der Waals surface area contributed by atoms with E-state index < -0.39 is 0 Å². The lowest BCUT2D eigenvalue weighted by Crippen LogP contribution is -2.24. The van der Waals surface area contributed by atoms with Crippen LogP contribution in [0.25, 0.3) is 0 Å². The molecule has 1 aliphatic rings. The smallest absolute Gasteiger partial charge is 0.0638 e. The maximum absolute atomic E-state index is 9.55. The molecule has 0 aliphatic carbocycles. The van der Waals surface area contributed by atoms with Crippen molar-refractivity contribution < 1.29 is 5.11 Å². The zero-order valence-corrected chi connectivity index (χ0v) is 10.3. The topological polar surface area (TPSA) is 41.3 Å². The van der Waals surface area contributed by atoms with Gasteiger partial charge >= 0.3 is 0 Å². The molecule has 1 aromatic heterocycles. The summed E-state index contributed by atoms with van der Waals surface area (Å²) in [7, 11) is 1.96. The van der Waals surface area contributed by atoms with E-state index in [4.69, 9.17) is 0 Å². The molecular weight excluding hydrogens is 202 g/mol. The summed E-state index contributed by atoms with van der Waals surface area (Å²) in [6.07, 6.45) is 3.02. The predicted molar refractivity (Wildman–Crippen MR) is 63.0 cm³/mol. The van der Waals surface area contributed by atoms with Crippen molar-refractivity contribution in [2.45, 2.75) is 32.9 Å². The molecule has 0 radical (unpaired) electrons. The fourth-order valence-corrected chi connectivity index (χ4v) is 2.44. The molecule has 1 N–H and O–H groups in total. The SMILES string of the molecule is Cc1nn(C)cc1CN1CCC(C(C)O)C1. The van der Waals surface area contributed by atoms with Crippen LogP contribution < -0.4 is 0 Å². The summed E-state index contributed by atoms with van der Waals surface area (Å²) in [4.78, 5) is 2.40. The number of aryl methyl sites for hydroxylation is 2. The molecule has 0 saturated carbocycles. The molecule has 90 valence electrons. The molecule has 2 heterocycles. The van der Waals surface area contributed by atoms with Crippen molar-refractivity contribution in [2.75, 3.05) is 13.1 Å². The van der Waals surface area contributed by atoms with Crippen LogP contribution in [0, 0.1) is 12.8 Å². The van der Waals surface area contributed by atoms with E-state index in [2.05, 4.69) is 23.1 Å². The number of rotatable bonds is 3. The number of hydrogen-bond acceptors (Lipinski definition) is 3. The Labute approximate surface area is 96.9 Å². The predicted octanol–water partition coefficient (Wildman–Crippen LogP) is 0.931. The lowest BCUT2D eigenvalue weighted by Gasteiger charge is -2.16. The van der Waals surface area contributed by atoms with Gasteiger partial charge in [0, 0.05) is 31.9 Å². The minimum atomic E-state index is -0.181. The van der Waals surface area contributed by atoms with Crippen molar-refractivity contribution in [2.24, 2.45) is 13.0 Å². The Hall–Kier alpha value is -0.870. The quantitative estimate of drug-likeness (QED) is 0.829. The number of aliphatic hydroxyl groups excluding tert-OH is 1. The second-order valence-electron chi connectivity index (χ2n) is 4.94. The fourth-order valence-electron chi connectivity index (χ4n) is 2.44. The third-order valence-corrected chi connectivity index (χ3v) is 3.50. The molecule has 0 aromatic carbocycles. The summed E-state index contributed by atoms with van der Waals surface area (Å²) in [6.45, 7) is 7.00. The van der Waals surface area contributed by atoms with Crippen LogP contribution in [0.15, 0.2) is 6.20 Å². The van der Waals surface area contributed by atoms with E-state index in [0.717, 1.165) is 31.7 Å². The van der Waals surface area contributed by atoms with E-state index in [0.29, 0.717) is 5.92 Å². The third kappa shape index (κ3) is 2.44. The van der Waals surface area contributed by atoms with Crippen molar-refractivity contribution >= 4 is 0 Å². The molecule has 1 saturated heterocycles. The summed E-state index contributed by atoms with van der Waals surface area (Å²) >= 11 is 0. The monoisotopic (exact) mass is 223 g/mol. The zero-order valence-electron chi connectivity index (χ0n) is 10.3. The fraction of sp³-hybridized carbons (Fsp3) is 0.750. The van der Waals surface area contributed by atoms with Gasteiger partial charge < -0.3 is 5.11 Å². The summed E-state index contributed by atoms with van der Waals surface area (Å²) in [5.41, 5.74) is 2.41. The van der Waals surface area contributed by atoms with Gasteiger partial charge in [0.15, 0.2) is 0 Å². The van der Waals surface area contributed by atoms with Gasteiger partial charge in [0.2, 0.25) is 0 Å². The van der Waals surface area contributed by atoms with E-state index in [1.807, 2.05) is 18.7 Å². The molecular formula is C12H21N3O. The van der Waals surface area contributed by atoms with Crippen molar-refractivity contribution in [3.05, 3.63) is 17.5 Å². The van der Waals surface area contributed by atoms with Gasteiger partial charge in [-0.3, -0.25) is 9.58 Å². The Kier molecular flexibility index (Phi) is 3.30. The lowest BCUT2D eigenvalue weighted by atomic mass is 10.0. The summed E-state index contributed by atoms with van der Waals surface area (Å²) in [5.74, 6) is 0.442. The maximum atomic E-state index is 9.55. The molecule has 0 spiro atoms. The van der Waals surface area contributed by atoms with Gasteiger partial charge in [0.25, 0.3) is 0 Å². The lowest BCUT2D eigenvalue weighted by molar-refractivity contribution is 0.127. The molecule has 0 amide bonds. The molecule has 4 nitrogen and oxygen atoms in total. The third-order valence-electron chi connectivity index (χ3n) is 3.50. The van der Waals surface area contributed by atoms with Gasteiger partial charge in [-0.15, -0.1) is 0 Å². The van der Waals surface area contributed by atoms with Gasteiger partial charge in [-0.25, -0.2) is 0 Å². The molecule has 4 heteroatoms. The Bertz CT molecular complexity index is 359. The normalized spacial score (nSPS) is 23.9. The van der Waals surface area contributed by atoms with Gasteiger partial charge in [0.1, 0.15) is 0 Å². The van der Waals surface area contributed by atoms with E-state index in [9.17, 15) is 5.11 Å². The van der Waals surface area contributed by atoms with E-state index in [1.165, 1.54) is 5.56 Å². The van der Waals surface area contributed by atoms with Crippen LogP contribution in [0.1, 0.15) is 24.6 Å². The first-order valence-corrected chi connectivity index (χ1v) is 5.96. The van der Waals surface area contributed by atoms with Crippen molar-refractivity contribution in [3.63, 3.8) is 0 Å². The highest BCUT2D eigenvalue weighted by molar-refractivity contribution is 5.15. The first kappa shape index (κ1) is 11.6. The molecule has 2 rings (SSSR count). The number of hydrogen-bond donors (Lipinski definition) is 1. The van der Waals surface area contributed by atoms with Crippen LogP contribution in [-0.4, -0.2) is 39.0 Å². The average molecular weight is 223 g/mol. The van der Waals surface area contributed by atoms with Crippen LogP contribution in [0.4, 0.5) is 0 Å². The summed E-state index contributed by atoms with van der Waals surface area (Å²) in [5, 5.41) is 13.9. The summed E-state index contributed by atoms with van der Waals surface area (Å²) < 4.78 is 1.87. The van der Waals surface area contributed by atoms with Gasteiger partial charge in [-0.05, 0) is 32.7 Å². The highest BCUT2D eigenvalue weighted by Crippen LogP contribution is 2.22. The van der Waals surface area contributed by atoms with Crippen molar-refractivity contribution in [1.29, 1.82) is 0 Å². The summed E-state index contributed by atoms with van der Waals surface area (Å²) in [6, 6.07) is 0. The van der Waals surface area contributed by atoms with Gasteiger partial charge in [-0.2, -0.15) is 5.10 Å². The van der Waals surface area contributed by atoms with Crippen molar-refractivity contribution in [1.82, 2.24) is 14.7 Å². The Morgan fingerprint density at radius 1 is 1.62 bits per heavy atom. The number of nitrogens with zero attached hydrogens (tertiary/aromatic N) is 3. The number of aliphatic hydroxyl groups is 1. The Morgan fingerprint density at radius 2 is 2.38 bits per heavy atom. The number of aromatic nitrogens is 2. The number of likely N-dealkylation sites (tertiary alicyclic amines) is 1. The Balaban J connectivity index is 1.94. The average Bonchev–Trinajstić information content (AvgIpc) is 2.75. The highest BCUT2D eigenvalue weighted by Gasteiger charge is 2.26. The molecule has 16 heavy (non-hydrogen) atoms. The van der Waals surface area contributed by atoms with Crippen LogP contribution in [0.3, 0.4) is 0 Å². The van der Waals surface area contributed by atoms with Crippen LogP contribution >= 0.6 is 0 Å². The molecule has 1 aliphatic heterocycles. The van der Waals surface area contributed by atoms with Crippen LogP contribution in [-0.2, 0) is 13.6 Å². The first-order valence-electron chi connectivity index (χ1n) is 5.96. The molecule has 2 unspecified atom stereocenters. The molecule has 1 fully saturated rings. The van der Waals surface area contributed by atoms with Crippen LogP contribution in [0.2, 0.25) is 0 Å². The minimum Gasteiger partial charge on any atom is -0.393 e. The van der Waals surface area contributed by atoms with Gasteiger partial charge in [-0.1, -0.05) is 0 Å². The second-order valence-corrected chi connectivity index (χ2v) is 4.94. The first-order chi connectivity index (χ1) is 7.56.